The molecule has 0 atom stereocenters. The molecule has 0 aliphatic rings. The van der Waals surface area contributed by atoms with Crippen LogP contribution in [-0.4, -0.2) is 36.3 Å². The minimum Gasteiger partial charge on any atom is -0.493 e. The van der Waals surface area contributed by atoms with Crippen molar-refractivity contribution in [2.45, 2.75) is 13.3 Å². The zero-order valence-electron chi connectivity index (χ0n) is 12.1. The lowest BCUT2D eigenvalue weighted by Crippen LogP contribution is -2.02. The summed E-state index contributed by atoms with van der Waals surface area (Å²) < 4.78 is 11.0. The zero-order valence-corrected chi connectivity index (χ0v) is 13.7. The fourth-order valence-corrected chi connectivity index (χ4v) is 2.49. The third-order valence-electron chi connectivity index (χ3n) is 2.56. The maximum atomic E-state index is 10.7. The molecule has 0 aromatic heterocycles. The van der Waals surface area contributed by atoms with Gasteiger partial charge in [-0.1, -0.05) is 18.5 Å². The van der Waals surface area contributed by atoms with E-state index in [1.165, 1.54) is 13.2 Å². The lowest BCUT2D eigenvalue weighted by Gasteiger charge is -2.14. The standard InChI is InChI=1S/C15H19ClO4S/c1-3-21-8-4-7-20-15-11(5-6-14(17)18)9-12(16)10-13(15)19-2/h5-6,9-10H,3-4,7-8H2,1-2H3,(H,17,18)/b6-5+. The molecule has 0 spiro atoms. The van der Waals surface area contributed by atoms with Crippen molar-refractivity contribution in [1.29, 1.82) is 0 Å². The highest BCUT2D eigenvalue weighted by molar-refractivity contribution is 7.99. The topological polar surface area (TPSA) is 55.8 Å². The molecule has 0 fully saturated rings. The summed E-state index contributed by atoms with van der Waals surface area (Å²) in [5.74, 6) is 2.08. The number of carbonyl (C=O) groups is 1. The molecular weight excluding hydrogens is 312 g/mol. The highest BCUT2D eigenvalue weighted by Crippen LogP contribution is 2.35. The van der Waals surface area contributed by atoms with Crippen molar-refractivity contribution in [3.8, 4) is 11.5 Å². The molecule has 1 N–H and O–H groups in total. The number of ether oxygens (including phenoxy) is 2. The van der Waals surface area contributed by atoms with Crippen LogP contribution < -0.4 is 9.47 Å². The van der Waals surface area contributed by atoms with E-state index < -0.39 is 5.97 Å². The molecule has 0 saturated carbocycles. The second-order valence-corrected chi connectivity index (χ2v) is 5.93. The SMILES string of the molecule is CCSCCCOc1c(/C=C/C(=O)O)cc(Cl)cc1OC. The predicted molar refractivity (Wildman–Crippen MR) is 87.8 cm³/mol. The van der Waals surface area contributed by atoms with Gasteiger partial charge >= 0.3 is 5.97 Å². The monoisotopic (exact) mass is 330 g/mol. The van der Waals surface area contributed by atoms with Crippen LogP contribution in [0.2, 0.25) is 5.02 Å². The van der Waals surface area contributed by atoms with Crippen LogP contribution >= 0.6 is 23.4 Å². The Morgan fingerprint density at radius 2 is 2.24 bits per heavy atom. The number of benzene rings is 1. The van der Waals surface area contributed by atoms with Crippen LogP contribution in [0.5, 0.6) is 11.5 Å². The van der Waals surface area contributed by atoms with Gasteiger partial charge in [-0.2, -0.15) is 11.8 Å². The van der Waals surface area contributed by atoms with Crippen LogP contribution in [0.4, 0.5) is 0 Å². The van der Waals surface area contributed by atoms with Gasteiger partial charge in [0.1, 0.15) is 0 Å². The molecule has 0 amide bonds. The zero-order chi connectivity index (χ0) is 15.7. The summed E-state index contributed by atoms with van der Waals surface area (Å²) in [6.45, 7) is 2.65. The molecule has 0 aliphatic heterocycles. The summed E-state index contributed by atoms with van der Waals surface area (Å²) in [5, 5.41) is 9.20. The first kappa shape index (κ1) is 17.7. The molecule has 116 valence electrons. The van der Waals surface area contributed by atoms with Gasteiger partial charge in [0.25, 0.3) is 0 Å². The lowest BCUT2D eigenvalue weighted by molar-refractivity contribution is -0.131. The maximum absolute atomic E-state index is 10.7. The molecule has 4 nitrogen and oxygen atoms in total. The first-order valence-corrected chi connectivity index (χ1v) is 8.10. The van der Waals surface area contributed by atoms with Crippen molar-refractivity contribution in [2.24, 2.45) is 0 Å². The molecule has 0 heterocycles. The summed E-state index contributed by atoms with van der Waals surface area (Å²) in [6.07, 6.45) is 3.41. The van der Waals surface area contributed by atoms with Crippen LogP contribution in [0.1, 0.15) is 18.9 Å². The molecule has 0 saturated heterocycles. The van der Waals surface area contributed by atoms with E-state index in [2.05, 4.69) is 6.92 Å². The van der Waals surface area contributed by atoms with E-state index in [1.54, 1.807) is 12.1 Å². The Morgan fingerprint density at radius 3 is 2.86 bits per heavy atom. The van der Waals surface area contributed by atoms with Crippen molar-refractivity contribution >= 4 is 35.4 Å². The van der Waals surface area contributed by atoms with Crippen molar-refractivity contribution in [2.75, 3.05) is 25.2 Å². The minimum atomic E-state index is -1.03. The number of halogens is 1. The molecule has 1 aromatic carbocycles. The van der Waals surface area contributed by atoms with Gasteiger partial charge in [-0.25, -0.2) is 4.79 Å². The van der Waals surface area contributed by atoms with E-state index in [-0.39, 0.29) is 0 Å². The Labute approximate surface area is 134 Å². The average molecular weight is 331 g/mol. The van der Waals surface area contributed by atoms with Gasteiger partial charge in [0.05, 0.1) is 13.7 Å². The average Bonchev–Trinajstić information content (AvgIpc) is 2.45. The van der Waals surface area contributed by atoms with Gasteiger partial charge in [-0.05, 0) is 30.1 Å². The Balaban J connectivity index is 2.89. The largest absolute Gasteiger partial charge is 0.493 e. The Kier molecular flexibility index (Phi) is 8.08. The number of methoxy groups -OCH3 is 1. The van der Waals surface area contributed by atoms with Crippen molar-refractivity contribution < 1.29 is 19.4 Å². The van der Waals surface area contributed by atoms with Gasteiger partial charge in [-0.3, -0.25) is 0 Å². The first-order chi connectivity index (χ1) is 10.1. The summed E-state index contributed by atoms with van der Waals surface area (Å²) in [4.78, 5) is 10.7. The highest BCUT2D eigenvalue weighted by Gasteiger charge is 2.11. The van der Waals surface area contributed by atoms with E-state index in [9.17, 15) is 4.79 Å². The number of rotatable bonds is 9. The van der Waals surface area contributed by atoms with Crippen LogP contribution in [0.3, 0.4) is 0 Å². The van der Waals surface area contributed by atoms with E-state index in [1.807, 2.05) is 11.8 Å². The highest BCUT2D eigenvalue weighted by atomic mass is 35.5. The predicted octanol–water partition coefficient (Wildman–Crippen LogP) is 3.97. The van der Waals surface area contributed by atoms with Gasteiger partial charge < -0.3 is 14.6 Å². The van der Waals surface area contributed by atoms with Gasteiger partial charge in [0, 0.05) is 22.7 Å². The van der Waals surface area contributed by atoms with Gasteiger partial charge in [0.15, 0.2) is 11.5 Å². The van der Waals surface area contributed by atoms with Gasteiger partial charge in [-0.15, -0.1) is 0 Å². The normalized spacial score (nSPS) is 10.8. The van der Waals surface area contributed by atoms with E-state index >= 15 is 0 Å². The summed E-state index contributed by atoms with van der Waals surface area (Å²) in [5.41, 5.74) is 0.588. The molecule has 0 unspecified atom stereocenters. The number of hydrogen-bond acceptors (Lipinski definition) is 4. The van der Waals surface area contributed by atoms with Crippen LogP contribution in [-0.2, 0) is 4.79 Å². The first-order valence-electron chi connectivity index (χ1n) is 6.57. The van der Waals surface area contributed by atoms with E-state index in [0.29, 0.717) is 28.7 Å². The van der Waals surface area contributed by atoms with Crippen molar-refractivity contribution in [3.63, 3.8) is 0 Å². The molecule has 21 heavy (non-hydrogen) atoms. The molecule has 1 aromatic rings. The quantitative estimate of drug-likeness (QED) is 0.548. The Bertz CT molecular complexity index is 503. The second-order valence-electron chi connectivity index (χ2n) is 4.10. The number of thioether (sulfide) groups is 1. The number of carboxylic acids is 1. The lowest BCUT2D eigenvalue weighted by atomic mass is 10.1. The number of carboxylic acid groups (broad SMARTS) is 1. The molecule has 0 radical (unpaired) electrons. The Hall–Kier alpha value is -1.33. The molecule has 0 bridgehead atoms. The molecule has 0 aliphatic carbocycles. The van der Waals surface area contributed by atoms with Crippen LogP contribution in [0.25, 0.3) is 6.08 Å². The summed E-state index contributed by atoms with van der Waals surface area (Å²) in [6, 6.07) is 3.30. The fourth-order valence-electron chi connectivity index (χ4n) is 1.66. The van der Waals surface area contributed by atoms with E-state index in [0.717, 1.165) is 24.0 Å². The number of aliphatic carboxylic acids is 1. The maximum Gasteiger partial charge on any atom is 0.328 e. The van der Waals surface area contributed by atoms with Crippen LogP contribution in [0, 0.1) is 0 Å². The number of hydrogen-bond donors (Lipinski definition) is 1. The molecular formula is C15H19ClO4S. The Morgan fingerprint density at radius 1 is 1.48 bits per heavy atom. The summed E-state index contributed by atoms with van der Waals surface area (Å²) in [7, 11) is 1.52. The summed E-state index contributed by atoms with van der Waals surface area (Å²) >= 11 is 7.85. The third-order valence-corrected chi connectivity index (χ3v) is 3.76. The minimum absolute atomic E-state index is 0.464. The second kappa shape index (κ2) is 9.58. The van der Waals surface area contributed by atoms with Gasteiger partial charge in [0.2, 0.25) is 0 Å². The smallest absolute Gasteiger partial charge is 0.328 e. The van der Waals surface area contributed by atoms with Crippen LogP contribution in [0.15, 0.2) is 18.2 Å². The van der Waals surface area contributed by atoms with Crippen molar-refractivity contribution in [1.82, 2.24) is 0 Å². The van der Waals surface area contributed by atoms with Crippen molar-refractivity contribution in [3.05, 3.63) is 28.8 Å². The molecule has 6 heteroatoms. The van der Waals surface area contributed by atoms with E-state index in [4.69, 9.17) is 26.2 Å². The molecule has 1 rings (SSSR count). The third kappa shape index (κ3) is 6.31. The fraction of sp³-hybridized carbons (Fsp3) is 0.400.